The normalized spacial score (nSPS) is 17.6. The molecule has 0 spiro atoms. The number of rotatable bonds is 5. The summed E-state index contributed by atoms with van der Waals surface area (Å²) in [6.07, 6.45) is 0. The van der Waals surface area contributed by atoms with E-state index in [0.29, 0.717) is 0 Å². The molecule has 0 rings (SSSR count). The van der Waals surface area contributed by atoms with E-state index >= 15 is 0 Å². The van der Waals surface area contributed by atoms with Crippen molar-refractivity contribution in [1.29, 1.82) is 0 Å². The molecule has 0 aromatic heterocycles. The fourth-order valence-corrected chi connectivity index (χ4v) is 3.03. The van der Waals surface area contributed by atoms with E-state index in [9.17, 15) is 19.8 Å². The Balaban J connectivity index is 4.46. The predicted octanol–water partition coefficient (Wildman–Crippen LogP) is -1.48. The SMILES string of the molecule is O=P(O)(OOS(=O)(=O)O)[O][Mo](=[O])(=[O])[OH]. The minimum atomic E-state index is -6.38. The molecule has 0 heterocycles. The van der Waals surface area contributed by atoms with Crippen LogP contribution in [0.2, 0.25) is 0 Å². The Bertz CT molecular complexity index is 424. The Labute approximate surface area is 80.4 Å². The molecular formula is H3MoO11PS. The van der Waals surface area contributed by atoms with Crippen LogP contribution >= 0.6 is 7.82 Å². The van der Waals surface area contributed by atoms with Gasteiger partial charge in [0, 0.05) is 0 Å². The van der Waals surface area contributed by atoms with Crippen molar-refractivity contribution in [2.45, 2.75) is 0 Å². The molecule has 14 heavy (non-hydrogen) atoms. The second kappa shape index (κ2) is 4.39. The van der Waals surface area contributed by atoms with E-state index in [-0.39, 0.29) is 0 Å². The van der Waals surface area contributed by atoms with Gasteiger partial charge in [-0.25, -0.2) is 0 Å². The van der Waals surface area contributed by atoms with E-state index in [0.717, 1.165) is 0 Å². The van der Waals surface area contributed by atoms with Gasteiger partial charge >= 0.3 is 80.1 Å². The second-order valence-electron chi connectivity index (χ2n) is 1.54. The van der Waals surface area contributed by atoms with Gasteiger partial charge in [-0.15, -0.1) is 0 Å². The summed E-state index contributed by atoms with van der Waals surface area (Å²) in [4.78, 5) is 8.31. The standard InChI is InChI=1S/Mo.H3O8PS.H2O.2O/c;1-9(2,3)7-8-10(4,5)6;;;/h;(H2,1,2,3)(H,4,5,6);1H2;;/q+2;;;;/p-2. The molecule has 0 aromatic rings. The molecule has 0 saturated carbocycles. The summed E-state index contributed by atoms with van der Waals surface area (Å²) >= 11 is -6.38. The molecule has 11 nitrogen and oxygen atoms in total. The van der Waals surface area contributed by atoms with Crippen LogP contribution in [0.25, 0.3) is 0 Å². The quantitative estimate of drug-likeness (QED) is 0.175. The van der Waals surface area contributed by atoms with Crippen LogP contribution in [0, 0.1) is 0 Å². The first-order chi connectivity index (χ1) is 5.91. The molecule has 0 radical (unpaired) electrons. The molecule has 0 aliphatic heterocycles. The van der Waals surface area contributed by atoms with Crippen molar-refractivity contribution in [2.24, 2.45) is 0 Å². The van der Waals surface area contributed by atoms with Crippen molar-refractivity contribution in [2.75, 3.05) is 0 Å². The van der Waals surface area contributed by atoms with Crippen LogP contribution in [0.1, 0.15) is 0 Å². The Hall–Kier alpha value is 0.228. The van der Waals surface area contributed by atoms with Crippen LogP contribution in [-0.4, -0.2) is 21.6 Å². The van der Waals surface area contributed by atoms with Crippen molar-refractivity contribution < 1.29 is 61.9 Å². The van der Waals surface area contributed by atoms with Crippen LogP contribution in [0.3, 0.4) is 0 Å². The second-order valence-corrected chi connectivity index (χ2v) is 6.97. The Morgan fingerprint density at radius 3 is 2.00 bits per heavy atom. The number of phosphoric acid groups is 1. The Morgan fingerprint density at radius 1 is 1.29 bits per heavy atom. The topological polar surface area (TPSA) is 174 Å². The first kappa shape index (κ1) is 14.2. The third-order valence-electron chi connectivity index (χ3n) is 0.399. The van der Waals surface area contributed by atoms with E-state index in [2.05, 4.69) is 12.2 Å². The van der Waals surface area contributed by atoms with Crippen molar-refractivity contribution in [3.63, 3.8) is 0 Å². The summed E-state index contributed by atoms with van der Waals surface area (Å²) < 4.78 is 74.5. The molecule has 0 saturated heterocycles. The summed E-state index contributed by atoms with van der Waals surface area (Å²) in [5.41, 5.74) is 0. The summed E-state index contributed by atoms with van der Waals surface area (Å²) in [6.45, 7) is 0. The zero-order valence-electron chi connectivity index (χ0n) is 5.87. The maximum atomic E-state index is 10.4. The van der Waals surface area contributed by atoms with Gasteiger partial charge in [-0.2, -0.15) is 0 Å². The van der Waals surface area contributed by atoms with Gasteiger partial charge in [0.05, 0.1) is 0 Å². The minimum absolute atomic E-state index is 2.87. The molecule has 0 amide bonds. The van der Waals surface area contributed by atoms with E-state index < -0.39 is 35.0 Å². The zero-order valence-corrected chi connectivity index (χ0v) is 9.59. The molecule has 3 N–H and O–H groups in total. The van der Waals surface area contributed by atoms with Gasteiger partial charge in [0.25, 0.3) is 0 Å². The van der Waals surface area contributed by atoms with E-state index in [4.69, 9.17) is 13.2 Å². The molecule has 1 atom stereocenters. The average molecular weight is 338 g/mol. The van der Waals surface area contributed by atoms with Crippen molar-refractivity contribution in [3.8, 4) is 0 Å². The van der Waals surface area contributed by atoms with Gasteiger partial charge in [0.15, 0.2) is 0 Å². The molecule has 0 bridgehead atoms. The molecule has 0 aromatic carbocycles. The molecule has 0 fully saturated rings. The van der Waals surface area contributed by atoms with Crippen LogP contribution in [0.5, 0.6) is 0 Å². The molecule has 14 heteroatoms. The first-order valence-corrected chi connectivity index (χ1v) is 8.50. The first-order valence-electron chi connectivity index (χ1n) is 2.28. The van der Waals surface area contributed by atoms with Crippen molar-refractivity contribution >= 4 is 18.2 Å². The van der Waals surface area contributed by atoms with E-state index in [1.807, 2.05) is 0 Å². The monoisotopic (exact) mass is 340 g/mol. The van der Waals surface area contributed by atoms with Crippen molar-refractivity contribution in [3.05, 3.63) is 0 Å². The van der Waals surface area contributed by atoms with Crippen LogP contribution in [0.4, 0.5) is 0 Å². The Morgan fingerprint density at radius 2 is 1.71 bits per heavy atom. The maximum absolute atomic E-state index is 10.4. The molecule has 0 aliphatic rings. The summed E-state index contributed by atoms with van der Waals surface area (Å²) in [5, 5.41) is 0. The van der Waals surface area contributed by atoms with Gasteiger partial charge < -0.3 is 0 Å². The predicted molar refractivity (Wildman–Crippen MR) is 28.2 cm³/mol. The molecular weight excluding hydrogens is 335 g/mol. The Kier molecular flexibility index (Phi) is 4.46. The summed E-state index contributed by atoms with van der Waals surface area (Å²) in [5.74, 6) is 0. The molecule has 1 unspecified atom stereocenters. The third-order valence-corrected chi connectivity index (χ3v) is 4.16. The van der Waals surface area contributed by atoms with Gasteiger partial charge in [-0.3, -0.25) is 0 Å². The fraction of sp³-hybridized carbons (Fsp3) is 0. The van der Waals surface area contributed by atoms with Gasteiger partial charge in [-0.1, -0.05) is 0 Å². The van der Waals surface area contributed by atoms with E-state index in [1.54, 1.807) is 0 Å². The van der Waals surface area contributed by atoms with Crippen molar-refractivity contribution in [1.82, 2.24) is 0 Å². The molecule has 0 aliphatic carbocycles. The molecule has 86 valence electrons. The zero-order chi connectivity index (χ0) is 11.6. The van der Waals surface area contributed by atoms with Gasteiger partial charge in [-0.05, 0) is 0 Å². The van der Waals surface area contributed by atoms with Crippen LogP contribution in [-0.2, 0) is 50.7 Å². The average Bonchev–Trinajstić information content (AvgIpc) is 1.76. The van der Waals surface area contributed by atoms with Gasteiger partial charge in [0.2, 0.25) is 0 Å². The van der Waals surface area contributed by atoms with Crippen LogP contribution < -0.4 is 0 Å². The summed E-state index contributed by atoms with van der Waals surface area (Å²) in [7, 11) is -10.7. The van der Waals surface area contributed by atoms with Crippen LogP contribution in [0.15, 0.2) is 0 Å². The third kappa shape index (κ3) is 8.81. The van der Waals surface area contributed by atoms with Gasteiger partial charge in [0.1, 0.15) is 0 Å². The number of hydrogen-bond acceptors (Lipinski definition) is 8. The van der Waals surface area contributed by atoms with E-state index in [1.165, 1.54) is 0 Å². The fourth-order valence-electron chi connectivity index (χ4n) is 0.208. The number of hydrogen-bond donors (Lipinski definition) is 3. The summed E-state index contributed by atoms with van der Waals surface area (Å²) in [6, 6.07) is 0.